The minimum atomic E-state index is -4.51. The molecule has 1 aliphatic carbocycles. The van der Waals surface area contributed by atoms with Crippen LogP contribution in [0.4, 0.5) is 18.9 Å². The molecule has 3 rings (SSSR count). The Hall–Kier alpha value is -2.04. The number of anilines is 1. The largest absolute Gasteiger partial charge is 0.475 e. The molecule has 1 aromatic heterocycles. The quantitative estimate of drug-likeness (QED) is 0.287. The van der Waals surface area contributed by atoms with Gasteiger partial charge in [-0.15, -0.1) is 24.0 Å². The zero-order valence-electron chi connectivity index (χ0n) is 14.4. The minimum Gasteiger partial charge on any atom is -0.475 e. The second-order valence-corrected chi connectivity index (χ2v) is 5.93. The van der Waals surface area contributed by atoms with Crippen molar-refractivity contribution in [2.45, 2.75) is 25.4 Å². The second kappa shape index (κ2) is 9.25. The molecule has 0 saturated carbocycles. The highest BCUT2D eigenvalue weighted by Gasteiger charge is 2.34. The van der Waals surface area contributed by atoms with Crippen molar-refractivity contribution in [2.24, 2.45) is 10.7 Å². The third-order valence-corrected chi connectivity index (χ3v) is 4.06. The smallest absolute Gasteiger partial charge is 0.421 e. The predicted octanol–water partition coefficient (Wildman–Crippen LogP) is 4.01. The number of guanidine groups is 1. The summed E-state index contributed by atoms with van der Waals surface area (Å²) in [6, 6.07) is 8.19. The van der Waals surface area contributed by atoms with Gasteiger partial charge in [0.1, 0.15) is 12.2 Å². The molecule has 0 fully saturated rings. The van der Waals surface area contributed by atoms with Crippen molar-refractivity contribution in [3.05, 3.63) is 53.2 Å². The predicted molar refractivity (Wildman–Crippen MR) is 109 cm³/mol. The fourth-order valence-electron chi connectivity index (χ4n) is 2.87. The van der Waals surface area contributed by atoms with Gasteiger partial charge in [0.05, 0.1) is 6.54 Å². The minimum absolute atomic E-state index is 0. The lowest BCUT2D eigenvalue weighted by Crippen LogP contribution is -2.23. The number of aryl methyl sites for hydroxylation is 2. The van der Waals surface area contributed by atoms with Crippen molar-refractivity contribution in [3.63, 3.8) is 0 Å². The lowest BCUT2D eigenvalue weighted by atomic mass is 10.1. The first-order valence-corrected chi connectivity index (χ1v) is 8.27. The van der Waals surface area contributed by atoms with E-state index >= 15 is 0 Å². The molecule has 146 valence electrons. The van der Waals surface area contributed by atoms with Crippen LogP contribution in [0.2, 0.25) is 0 Å². The van der Waals surface area contributed by atoms with Gasteiger partial charge in [0, 0.05) is 11.9 Å². The third-order valence-electron chi connectivity index (χ3n) is 4.06. The van der Waals surface area contributed by atoms with Crippen LogP contribution in [0, 0.1) is 0 Å². The number of fused-ring (bicyclic) bond motifs is 1. The molecule has 1 aromatic carbocycles. The lowest BCUT2D eigenvalue weighted by molar-refractivity contribution is -0.139. The molecule has 1 aliphatic rings. The summed E-state index contributed by atoms with van der Waals surface area (Å²) in [4.78, 5) is 7.69. The van der Waals surface area contributed by atoms with Crippen LogP contribution < -0.4 is 15.8 Å². The van der Waals surface area contributed by atoms with E-state index in [-0.39, 0.29) is 43.1 Å². The van der Waals surface area contributed by atoms with Gasteiger partial charge in [-0.1, -0.05) is 6.07 Å². The highest BCUT2D eigenvalue weighted by molar-refractivity contribution is 14.0. The summed E-state index contributed by atoms with van der Waals surface area (Å²) >= 11 is 0. The molecule has 9 heteroatoms. The summed E-state index contributed by atoms with van der Waals surface area (Å²) in [5, 5.41) is 2.98. The molecule has 0 spiro atoms. The normalized spacial score (nSPS) is 13.7. The number of hydrogen-bond donors (Lipinski definition) is 2. The summed E-state index contributed by atoms with van der Waals surface area (Å²) in [6.45, 7) is 0.0459. The van der Waals surface area contributed by atoms with Gasteiger partial charge in [-0.25, -0.2) is 9.98 Å². The number of pyridine rings is 1. The van der Waals surface area contributed by atoms with E-state index in [1.165, 1.54) is 23.4 Å². The summed E-state index contributed by atoms with van der Waals surface area (Å²) < 4.78 is 43.6. The Morgan fingerprint density at radius 2 is 2.00 bits per heavy atom. The van der Waals surface area contributed by atoms with Crippen LogP contribution >= 0.6 is 24.0 Å². The number of aliphatic imine (C=N–C) groups is 1. The van der Waals surface area contributed by atoms with Crippen molar-refractivity contribution in [1.82, 2.24) is 4.98 Å². The highest BCUT2D eigenvalue weighted by atomic mass is 127. The number of benzene rings is 1. The maximum absolute atomic E-state index is 12.8. The summed E-state index contributed by atoms with van der Waals surface area (Å²) in [7, 11) is 0. The van der Waals surface area contributed by atoms with Gasteiger partial charge in [0.25, 0.3) is 0 Å². The maximum atomic E-state index is 12.8. The molecule has 0 unspecified atom stereocenters. The van der Waals surface area contributed by atoms with Crippen molar-refractivity contribution in [1.29, 1.82) is 0 Å². The van der Waals surface area contributed by atoms with Gasteiger partial charge in [0.15, 0.2) is 5.96 Å². The SMILES string of the molecule is I.NC(=NCCOc1ncccc1C(F)(F)F)Nc1ccc2c(c1)CCC2. The van der Waals surface area contributed by atoms with Gasteiger partial charge in [-0.3, -0.25) is 0 Å². The van der Waals surface area contributed by atoms with Gasteiger partial charge < -0.3 is 15.8 Å². The van der Waals surface area contributed by atoms with Crippen molar-refractivity contribution < 1.29 is 17.9 Å². The molecule has 5 nitrogen and oxygen atoms in total. The van der Waals surface area contributed by atoms with Gasteiger partial charge in [-0.05, 0) is 54.7 Å². The highest BCUT2D eigenvalue weighted by Crippen LogP contribution is 2.34. The topological polar surface area (TPSA) is 72.5 Å². The van der Waals surface area contributed by atoms with E-state index in [2.05, 4.69) is 21.4 Å². The van der Waals surface area contributed by atoms with Crippen LogP contribution in [0.3, 0.4) is 0 Å². The Bertz CT molecular complexity index is 811. The first-order chi connectivity index (χ1) is 12.4. The average molecular weight is 492 g/mol. The van der Waals surface area contributed by atoms with E-state index < -0.39 is 17.6 Å². The van der Waals surface area contributed by atoms with E-state index in [4.69, 9.17) is 10.5 Å². The number of halogens is 4. The van der Waals surface area contributed by atoms with Gasteiger partial charge in [0.2, 0.25) is 5.88 Å². The van der Waals surface area contributed by atoms with E-state index in [0.717, 1.165) is 31.0 Å². The monoisotopic (exact) mass is 492 g/mol. The molecule has 0 aliphatic heterocycles. The van der Waals surface area contributed by atoms with E-state index in [1.54, 1.807) is 0 Å². The molecular formula is C18H20F3IN4O. The van der Waals surface area contributed by atoms with Crippen LogP contribution in [0.5, 0.6) is 5.88 Å². The molecule has 0 saturated heterocycles. The van der Waals surface area contributed by atoms with Crippen LogP contribution in [0.25, 0.3) is 0 Å². The zero-order chi connectivity index (χ0) is 18.6. The Labute approximate surface area is 172 Å². The number of nitrogens with zero attached hydrogens (tertiary/aromatic N) is 2. The number of aromatic nitrogens is 1. The molecule has 0 amide bonds. The molecule has 0 atom stereocenters. The van der Waals surface area contributed by atoms with E-state index in [9.17, 15) is 13.2 Å². The fraction of sp³-hybridized carbons (Fsp3) is 0.333. The molecule has 27 heavy (non-hydrogen) atoms. The Balaban J connectivity index is 0.00000261. The standard InChI is InChI=1S/C18H19F3N4O.HI/c19-18(20,21)15-5-2-8-23-16(15)26-10-9-24-17(22)25-14-7-6-12-3-1-4-13(12)11-14;/h2,5-8,11H,1,3-4,9-10H2,(H3,22,24,25);1H. The van der Waals surface area contributed by atoms with Crippen molar-refractivity contribution in [2.75, 3.05) is 18.5 Å². The number of rotatable bonds is 5. The van der Waals surface area contributed by atoms with Gasteiger partial charge >= 0.3 is 6.18 Å². The maximum Gasteiger partial charge on any atom is 0.421 e. The number of nitrogens with two attached hydrogens (primary N) is 1. The van der Waals surface area contributed by atoms with Crippen molar-refractivity contribution in [3.8, 4) is 5.88 Å². The number of ether oxygens (including phenoxy) is 1. The Morgan fingerprint density at radius 1 is 1.22 bits per heavy atom. The average Bonchev–Trinajstić information content (AvgIpc) is 3.06. The summed E-state index contributed by atoms with van der Waals surface area (Å²) in [6.07, 6.45) is 0.0526. The summed E-state index contributed by atoms with van der Waals surface area (Å²) in [5.41, 5.74) is 8.42. The number of nitrogens with one attached hydrogen (secondary N) is 1. The third kappa shape index (κ3) is 5.72. The van der Waals surface area contributed by atoms with E-state index in [0.29, 0.717) is 0 Å². The summed E-state index contributed by atoms with van der Waals surface area (Å²) in [5.74, 6) is -0.274. The zero-order valence-corrected chi connectivity index (χ0v) is 16.8. The number of alkyl halides is 3. The molecule has 0 bridgehead atoms. The van der Waals surface area contributed by atoms with Crippen LogP contribution in [-0.2, 0) is 19.0 Å². The molecule has 0 radical (unpaired) electrons. The molecular weight excluding hydrogens is 472 g/mol. The first kappa shape index (κ1) is 21.3. The molecule has 1 heterocycles. The fourth-order valence-corrected chi connectivity index (χ4v) is 2.87. The van der Waals surface area contributed by atoms with Crippen LogP contribution in [-0.4, -0.2) is 24.1 Å². The van der Waals surface area contributed by atoms with Crippen LogP contribution in [0.15, 0.2) is 41.5 Å². The van der Waals surface area contributed by atoms with E-state index in [1.807, 2.05) is 12.1 Å². The molecule has 2 aromatic rings. The first-order valence-electron chi connectivity index (χ1n) is 8.27. The number of hydrogen-bond acceptors (Lipinski definition) is 3. The Kier molecular flexibility index (Phi) is 7.28. The van der Waals surface area contributed by atoms with Crippen LogP contribution in [0.1, 0.15) is 23.1 Å². The molecule has 3 N–H and O–H groups in total. The second-order valence-electron chi connectivity index (χ2n) is 5.93. The lowest BCUT2D eigenvalue weighted by Gasteiger charge is -2.12. The van der Waals surface area contributed by atoms with Crippen molar-refractivity contribution >= 4 is 35.6 Å². The van der Waals surface area contributed by atoms with Gasteiger partial charge in [-0.2, -0.15) is 13.2 Å². The Morgan fingerprint density at radius 3 is 2.78 bits per heavy atom.